The van der Waals surface area contributed by atoms with E-state index in [4.69, 9.17) is 4.74 Å². The van der Waals surface area contributed by atoms with E-state index in [9.17, 15) is 19.8 Å². The molecular weight excluding hydrogens is 995 g/mol. The number of rotatable bonds is 68. The highest BCUT2D eigenvalue weighted by Gasteiger charge is 2.18. The Kier molecular flexibility index (Phi) is 68.4. The van der Waals surface area contributed by atoms with Gasteiger partial charge in [-0.2, -0.15) is 0 Å². The zero-order valence-electron chi connectivity index (χ0n) is 54.5. The molecule has 0 fully saturated rings. The average molecular weight is 1140 g/mol. The third kappa shape index (κ3) is 66.8. The summed E-state index contributed by atoms with van der Waals surface area (Å²) in [7, 11) is 0. The highest BCUT2D eigenvalue weighted by Crippen LogP contribution is 2.18. The van der Waals surface area contributed by atoms with Gasteiger partial charge in [0.05, 0.1) is 25.4 Å². The van der Waals surface area contributed by atoms with Crippen LogP contribution in [0.15, 0.2) is 48.6 Å². The molecule has 0 saturated heterocycles. The highest BCUT2D eigenvalue weighted by atomic mass is 16.5. The Bertz CT molecular complexity index is 1360. The molecule has 6 nitrogen and oxygen atoms in total. The lowest BCUT2D eigenvalue weighted by Crippen LogP contribution is -2.45. The van der Waals surface area contributed by atoms with Crippen molar-refractivity contribution in [2.45, 2.75) is 405 Å². The van der Waals surface area contributed by atoms with Crippen LogP contribution in [0, 0.1) is 0 Å². The molecule has 0 aromatic carbocycles. The minimum absolute atomic E-state index is 0.0163. The molecule has 6 heteroatoms. The molecule has 0 saturated carbocycles. The first-order valence-corrected chi connectivity index (χ1v) is 36.4. The van der Waals surface area contributed by atoms with E-state index >= 15 is 0 Å². The van der Waals surface area contributed by atoms with Crippen LogP contribution in [0.25, 0.3) is 0 Å². The second-order valence-corrected chi connectivity index (χ2v) is 24.9. The maximum Gasteiger partial charge on any atom is 0.305 e. The monoisotopic (exact) mass is 1140 g/mol. The van der Waals surface area contributed by atoms with Gasteiger partial charge >= 0.3 is 5.97 Å². The summed E-state index contributed by atoms with van der Waals surface area (Å²) in [6.45, 7) is 4.90. The van der Waals surface area contributed by atoms with Crippen molar-refractivity contribution in [1.29, 1.82) is 0 Å². The molecule has 0 rings (SSSR count). The fourth-order valence-electron chi connectivity index (χ4n) is 11.3. The lowest BCUT2D eigenvalue weighted by Gasteiger charge is -2.20. The number of hydrogen-bond acceptors (Lipinski definition) is 5. The lowest BCUT2D eigenvalue weighted by molar-refractivity contribution is -0.143. The molecule has 2 atom stereocenters. The van der Waals surface area contributed by atoms with E-state index in [1.54, 1.807) is 6.08 Å². The smallest absolute Gasteiger partial charge is 0.305 e. The van der Waals surface area contributed by atoms with Gasteiger partial charge < -0.3 is 20.3 Å². The van der Waals surface area contributed by atoms with Crippen LogP contribution in [0.5, 0.6) is 0 Å². The number of nitrogens with one attached hydrogen (secondary N) is 1. The molecule has 0 spiro atoms. The standard InChI is InChI=1S/C75H141NO5/c1-3-5-7-9-11-13-15-16-17-18-36-40-43-46-49-53-57-61-65-69-75(80)81-70-66-62-58-54-50-47-44-41-38-35-33-31-29-27-25-23-21-19-20-22-24-26-28-30-32-34-37-39-42-45-48-52-56-60-64-68-74(79)76-72(71-77)73(78)67-63-59-55-51-14-12-10-8-6-4-2/h16-17,21,23,27,29,63,67,72-73,77-78H,3-15,18-20,22,24-26,28,30-62,64-66,68-71H2,1-2H3,(H,76,79)/b17-16-,23-21-,29-27-,67-63+. The van der Waals surface area contributed by atoms with Crippen LogP contribution < -0.4 is 5.32 Å². The fraction of sp³-hybridized carbons (Fsp3) is 0.867. The molecule has 0 aliphatic carbocycles. The second kappa shape index (κ2) is 70.3. The normalized spacial score (nSPS) is 12.8. The molecule has 0 aromatic heterocycles. The number of allylic oxidation sites excluding steroid dienone is 7. The summed E-state index contributed by atoms with van der Waals surface area (Å²) in [4.78, 5) is 24.5. The van der Waals surface area contributed by atoms with E-state index in [1.807, 2.05) is 6.08 Å². The first-order chi connectivity index (χ1) is 40.0. The van der Waals surface area contributed by atoms with Crippen LogP contribution in [0.2, 0.25) is 0 Å². The Morgan fingerprint density at radius 1 is 0.346 bits per heavy atom. The summed E-state index contributed by atoms with van der Waals surface area (Å²) < 4.78 is 5.51. The molecule has 0 heterocycles. The second-order valence-electron chi connectivity index (χ2n) is 24.9. The molecule has 81 heavy (non-hydrogen) atoms. The van der Waals surface area contributed by atoms with Crippen LogP contribution in [-0.2, 0) is 14.3 Å². The van der Waals surface area contributed by atoms with Crippen molar-refractivity contribution in [2.24, 2.45) is 0 Å². The van der Waals surface area contributed by atoms with Crippen molar-refractivity contribution in [3.8, 4) is 0 Å². The summed E-state index contributed by atoms with van der Waals surface area (Å²) in [6, 6.07) is -0.625. The molecule has 2 unspecified atom stereocenters. The minimum Gasteiger partial charge on any atom is -0.466 e. The fourth-order valence-corrected chi connectivity index (χ4v) is 11.3. The van der Waals surface area contributed by atoms with Gasteiger partial charge in [0.25, 0.3) is 0 Å². The van der Waals surface area contributed by atoms with Crippen LogP contribution in [0.1, 0.15) is 393 Å². The van der Waals surface area contributed by atoms with Crippen LogP contribution >= 0.6 is 0 Å². The van der Waals surface area contributed by atoms with E-state index in [1.165, 1.54) is 321 Å². The molecule has 476 valence electrons. The molecular formula is C75H141NO5. The van der Waals surface area contributed by atoms with Gasteiger partial charge in [-0.1, -0.05) is 339 Å². The van der Waals surface area contributed by atoms with Gasteiger partial charge in [0.15, 0.2) is 0 Å². The van der Waals surface area contributed by atoms with Crippen molar-refractivity contribution in [2.75, 3.05) is 13.2 Å². The molecule has 3 N–H and O–H groups in total. The van der Waals surface area contributed by atoms with Gasteiger partial charge in [0.1, 0.15) is 0 Å². The van der Waals surface area contributed by atoms with E-state index < -0.39 is 12.1 Å². The average Bonchev–Trinajstić information content (AvgIpc) is 3.47. The van der Waals surface area contributed by atoms with Crippen molar-refractivity contribution < 1.29 is 24.5 Å². The predicted molar refractivity (Wildman–Crippen MR) is 356 cm³/mol. The van der Waals surface area contributed by atoms with E-state index in [-0.39, 0.29) is 18.5 Å². The lowest BCUT2D eigenvalue weighted by atomic mass is 10.0. The molecule has 0 aromatic rings. The summed E-state index contributed by atoms with van der Waals surface area (Å²) in [5.41, 5.74) is 0. The van der Waals surface area contributed by atoms with Crippen molar-refractivity contribution in [1.82, 2.24) is 5.32 Å². The molecule has 0 radical (unpaired) electrons. The first kappa shape index (κ1) is 78.8. The van der Waals surface area contributed by atoms with Gasteiger partial charge in [0, 0.05) is 12.8 Å². The quantitative estimate of drug-likeness (QED) is 0.0320. The summed E-state index contributed by atoms with van der Waals surface area (Å²) >= 11 is 0. The topological polar surface area (TPSA) is 95.9 Å². The largest absolute Gasteiger partial charge is 0.466 e. The Labute approximate surface area is 506 Å². The number of aliphatic hydroxyl groups excluding tert-OH is 2. The SMILES string of the molecule is CCCCCCCC/C=C\CCCCCCCCCCCC(=O)OCCCCCCCCCCCCC/C=C\C/C=C\CCCCCCCCCCCCCCCCCCCC(=O)NC(CO)C(O)/C=C/CCCCCCCCCC. The van der Waals surface area contributed by atoms with Gasteiger partial charge in [-0.15, -0.1) is 0 Å². The predicted octanol–water partition coefficient (Wildman–Crippen LogP) is 23.6. The van der Waals surface area contributed by atoms with Gasteiger partial charge in [-0.3, -0.25) is 9.59 Å². The number of ether oxygens (including phenoxy) is 1. The summed E-state index contributed by atoms with van der Waals surface area (Å²) in [5.74, 6) is -0.0503. The van der Waals surface area contributed by atoms with Crippen LogP contribution in [-0.4, -0.2) is 47.4 Å². The number of amides is 1. The minimum atomic E-state index is -0.841. The van der Waals surface area contributed by atoms with Crippen molar-refractivity contribution >= 4 is 11.9 Å². The maximum atomic E-state index is 12.4. The number of carbonyl (C=O) groups is 2. The van der Waals surface area contributed by atoms with Crippen LogP contribution in [0.3, 0.4) is 0 Å². The number of carbonyl (C=O) groups excluding carboxylic acids is 2. The van der Waals surface area contributed by atoms with Crippen molar-refractivity contribution in [3.63, 3.8) is 0 Å². The van der Waals surface area contributed by atoms with Crippen LogP contribution in [0.4, 0.5) is 0 Å². The maximum absolute atomic E-state index is 12.4. The third-order valence-corrected chi connectivity index (χ3v) is 16.8. The van der Waals surface area contributed by atoms with Gasteiger partial charge in [0.2, 0.25) is 5.91 Å². The zero-order chi connectivity index (χ0) is 58.5. The number of hydrogen-bond donors (Lipinski definition) is 3. The summed E-state index contributed by atoms with van der Waals surface area (Å²) in [6.07, 6.45) is 92.2. The first-order valence-electron chi connectivity index (χ1n) is 36.4. The Hall–Kier alpha value is -2.18. The summed E-state index contributed by atoms with van der Waals surface area (Å²) in [5, 5.41) is 23.0. The van der Waals surface area contributed by atoms with Crippen molar-refractivity contribution in [3.05, 3.63) is 48.6 Å². The zero-order valence-corrected chi connectivity index (χ0v) is 54.5. The molecule has 0 bridgehead atoms. The Morgan fingerprint density at radius 2 is 0.617 bits per heavy atom. The molecule has 1 amide bonds. The number of unbranched alkanes of at least 4 members (excludes halogenated alkanes) is 51. The van der Waals surface area contributed by atoms with E-state index in [2.05, 4.69) is 55.6 Å². The number of esters is 1. The van der Waals surface area contributed by atoms with E-state index in [0.29, 0.717) is 19.4 Å². The van der Waals surface area contributed by atoms with Gasteiger partial charge in [-0.05, 0) is 89.9 Å². The third-order valence-electron chi connectivity index (χ3n) is 16.8. The highest BCUT2D eigenvalue weighted by molar-refractivity contribution is 5.76. The molecule has 0 aliphatic heterocycles. The Morgan fingerprint density at radius 3 is 0.951 bits per heavy atom. The Balaban J connectivity index is 3.35. The van der Waals surface area contributed by atoms with Gasteiger partial charge in [-0.25, -0.2) is 0 Å². The molecule has 0 aliphatic rings. The number of aliphatic hydroxyl groups is 2. The van der Waals surface area contributed by atoms with E-state index in [0.717, 1.165) is 44.9 Å².